The smallest absolute Gasteiger partial charge is 0.226 e. The Bertz CT molecular complexity index is 629. The van der Waals surface area contributed by atoms with Crippen LogP contribution in [0.25, 0.3) is 0 Å². The minimum Gasteiger partial charge on any atom is -0.378 e. The van der Waals surface area contributed by atoms with Crippen LogP contribution in [0.3, 0.4) is 0 Å². The second kappa shape index (κ2) is 7.04. The van der Waals surface area contributed by atoms with E-state index < -0.39 is 0 Å². The van der Waals surface area contributed by atoms with Gasteiger partial charge in [-0.1, -0.05) is 12.5 Å². The molecule has 3 fully saturated rings. The topological polar surface area (TPSA) is 45.7 Å². The Morgan fingerprint density at radius 2 is 2.16 bits per heavy atom. The normalized spacial score (nSPS) is 30.3. The number of ether oxygens (including phenoxy) is 1. The van der Waals surface area contributed by atoms with Crippen molar-refractivity contribution in [2.24, 2.45) is 11.3 Å². The van der Waals surface area contributed by atoms with E-state index in [1.165, 1.54) is 24.1 Å². The van der Waals surface area contributed by atoms with Gasteiger partial charge >= 0.3 is 0 Å². The summed E-state index contributed by atoms with van der Waals surface area (Å²) in [6, 6.07) is 4.13. The summed E-state index contributed by atoms with van der Waals surface area (Å²) in [5.74, 6) is 0.595. The Kier molecular flexibility index (Phi) is 4.78. The second-order valence-corrected chi connectivity index (χ2v) is 7.97. The van der Waals surface area contributed by atoms with E-state index >= 15 is 0 Å². The fraction of sp³-hybridized carbons (Fsp3) is 0.700. The van der Waals surface area contributed by atoms with E-state index in [9.17, 15) is 4.79 Å². The summed E-state index contributed by atoms with van der Waals surface area (Å²) in [5.41, 5.74) is 2.63. The lowest BCUT2D eigenvalue weighted by Gasteiger charge is -2.36. The predicted molar refractivity (Wildman–Crippen MR) is 96.0 cm³/mol. The van der Waals surface area contributed by atoms with Crippen molar-refractivity contribution in [3.8, 4) is 0 Å². The monoisotopic (exact) mass is 343 g/mol. The third kappa shape index (κ3) is 3.32. The number of rotatable bonds is 3. The SMILES string of the molecule is Cc1cccnc1CN1CC[C@@]2(CCC[C@H]2C(=O)N2CCOCC2)C1. The van der Waals surface area contributed by atoms with Crippen molar-refractivity contribution >= 4 is 5.91 Å². The van der Waals surface area contributed by atoms with Gasteiger partial charge in [-0.15, -0.1) is 0 Å². The summed E-state index contributed by atoms with van der Waals surface area (Å²) in [6.07, 6.45) is 6.49. The number of aryl methyl sites for hydroxylation is 1. The van der Waals surface area contributed by atoms with Crippen LogP contribution in [-0.2, 0) is 16.1 Å². The third-order valence-electron chi connectivity index (χ3n) is 6.48. The molecule has 2 aliphatic heterocycles. The van der Waals surface area contributed by atoms with Crippen LogP contribution in [0.5, 0.6) is 0 Å². The molecule has 2 atom stereocenters. The number of carbonyl (C=O) groups excluding carboxylic acids is 1. The molecule has 25 heavy (non-hydrogen) atoms. The fourth-order valence-electron chi connectivity index (χ4n) is 5.03. The van der Waals surface area contributed by atoms with E-state index in [4.69, 9.17) is 4.74 Å². The molecule has 1 amide bonds. The molecule has 1 aromatic heterocycles. The molecule has 1 aromatic rings. The molecule has 1 saturated carbocycles. The van der Waals surface area contributed by atoms with Gasteiger partial charge in [-0.2, -0.15) is 0 Å². The highest BCUT2D eigenvalue weighted by molar-refractivity contribution is 5.80. The number of aromatic nitrogens is 1. The van der Waals surface area contributed by atoms with Gasteiger partial charge in [0.05, 0.1) is 18.9 Å². The summed E-state index contributed by atoms with van der Waals surface area (Å²) in [4.78, 5) is 22.2. The van der Waals surface area contributed by atoms with Gasteiger partial charge in [-0.3, -0.25) is 14.7 Å². The Balaban J connectivity index is 1.44. The first-order valence-corrected chi connectivity index (χ1v) is 9.67. The number of nitrogens with zero attached hydrogens (tertiary/aromatic N) is 3. The van der Waals surface area contributed by atoms with E-state index in [0.717, 1.165) is 45.6 Å². The van der Waals surface area contributed by atoms with E-state index in [1.807, 2.05) is 17.2 Å². The Hall–Kier alpha value is -1.46. The molecule has 136 valence electrons. The van der Waals surface area contributed by atoms with Crippen LogP contribution < -0.4 is 0 Å². The van der Waals surface area contributed by atoms with Crippen LogP contribution in [0.15, 0.2) is 18.3 Å². The highest BCUT2D eigenvalue weighted by atomic mass is 16.5. The van der Waals surface area contributed by atoms with E-state index in [2.05, 4.69) is 22.9 Å². The summed E-state index contributed by atoms with van der Waals surface area (Å²) in [6.45, 7) is 8.09. The molecule has 0 N–H and O–H groups in total. The highest BCUT2D eigenvalue weighted by Crippen LogP contribution is 2.50. The maximum Gasteiger partial charge on any atom is 0.226 e. The van der Waals surface area contributed by atoms with Crippen molar-refractivity contribution < 1.29 is 9.53 Å². The quantitative estimate of drug-likeness (QED) is 0.844. The standard InChI is InChI=1S/C20H29N3O2/c1-16-4-3-8-21-18(16)14-22-9-7-20(15-22)6-2-5-17(20)19(24)23-10-12-25-13-11-23/h3-4,8,17H,2,5-7,9-15H2,1H3/t17-,20-/m0/s1. The fourth-order valence-corrected chi connectivity index (χ4v) is 5.03. The van der Waals surface area contributed by atoms with E-state index in [1.54, 1.807) is 0 Å². The molecule has 3 aliphatic rings. The average Bonchev–Trinajstić information content (AvgIpc) is 3.24. The van der Waals surface area contributed by atoms with E-state index in [-0.39, 0.29) is 11.3 Å². The van der Waals surface area contributed by atoms with Crippen molar-refractivity contribution in [1.29, 1.82) is 0 Å². The highest BCUT2D eigenvalue weighted by Gasteiger charge is 2.51. The molecule has 0 unspecified atom stereocenters. The zero-order chi connectivity index (χ0) is 17.3. The largest absolute Gasteiger partial charge is 0.378 e. The molecule has 5 heteroatoms. The molecule has 0 radical (unpaired) electrons. The number of likely N-dealkylation sites (tertiary alicyclic amines) is 1. The van der Waals surface area contributed by atoms with Crippen molar-refractivity contribution in [3.63, 3.8) is 0 Å². The maximum absolute atomic E-state index is 13.1. The van der Waals surface area contributed by atoms with Gasteiger partial charge < -0.3 is 9.64 Å². The Labute approximate surface area is 150 Å². The second-order valence-electron chi connectivity index (χ2n) is 7.97. The van der Waals surface area contributed by atoms with Crippen LogP contribution in [-0.4, -0.2) is 60.1 Å². The number of carbonyl (C=O) groups is 1. The summed E-state index contributed by atoms with van der Waals surface area (Å²) in [7, 11) is 0. The van der Waals surface area contributed by atoms with Gasteiger partial charge in [-0.05, 0) is 49.8 Å². The molecule has 1 spiro atoms. The Morgan fingerprint density at radius 1 is 1.32 bits per heavy atom. The lowest BCUT2D eigenvalue weighted by atomic mass is 9.76. The van der Waals surface area contributed by atoms with E-state index in [0.29, 0.717) is 19.1 Å². The molecule has 0 aromatic carbocycles. The van der Waals surface area contributed by atoms with Gasteiger partial charge in [0.15, 0.2) is 0 Å². The van der Waals surface area contributed by atoms with Crippen LogP contribution >= 0.6 is 0 Å². The zero-order valence-electron chi connectivity index (χ0n) is 15.2. The molecule has 1 aliphatic carbocycles. The molecule has 5 nitrogen and oxygen atoms in total. The molecular formula is C20H29N3O2. The van der Waals surface area contributed by atoms with Gasteiger partial charge in [0.25, 0.3) is 0 Å². The number of pyridine rings is 1. The molecular weight excluding hydrogens is 314 g/mol. The van der Waals surface area contributed by atoms with Crippen LogP contribution in [0.2, 0.25) is 0 Å². The predicted octanol–water partition coefficient (Wildman–Crippen LogP) is 2.24. The summed E-state index contributed by atoms with van der Waals surface area (Å²) in [5, 5.41) is 0. The van der Waals surface area contributed by atoms with Crippen molar-refractivity contribution in [2.75, 3.05) is 39.4 Å². The van der Waals surface area contributed by atoms with Gasteiger partial charge in [0.1, 0.15) is 0 Å². The first kappa shape index (κ1) is 17.0. The Morgan fingerprint density at radius 3 is 2.96 bits per heavy atom. The van der Waals surface area contributed by atoms with Crippen molar-refractivity contribution in [2.45, 2.75) is 39.2 Å². The minimum atomic E-state index is 0.193. The van der Waals surface area contributed by atoms with Crippen molar-refractivity contribution in [3.05, 3.63) is 29.6 Å². The number of hydrogen-bond acceptors (Lipinski definition) is 4. The summed E-state index contributed by atoms with van der Waals surface area (Å²) < 4.78 is 5.42. The van der Waals surface area contributed by atoms with Gasteiger partial charge in [0, 0.05) is 38.3 Å². The molecule has 3 heterocycles. The lowest BCUT2D eigenvalue weighted by Crippen LogP contribution is -2.47. The number of hydrogen-bond donors (Lipinski definition) is 0. The lowest BCUT2D eigenvalue weighted by molar-refractivity contribution is -0.143. The van der Waals surface area contributed by atoms with Gasteiger partial charge in [0.2, 0.25) is 5.91 Å². The van der Waals surface area contributed by atoms with Crippen LogP contribution in [0.4, 0.5) is 0 Å². The first-order chi connectivity index (χ1) is 12.2. The molecule has 0 bridgehead atoms. The van der Waals surface area contributed by atoms with Crippen molar-refractivity contribution in [1.82, 2.24) is 14.8 Å². The van der Waals surface area contributed by atoms with Crippen LogP contribution in [0.1, 0.15) is 36.9 Å². The molecule has 2 saturated heterocycles. The zero-order valence-corrected chi connectivity index (χ0v) is 15.2. The minimum absolute atomic E-state index is 0.193. The third-order valence-corrected chi connectivity index (χ3v) is 6.48. The molecule has 4 rings (SSSR count). The number of amides is 1. The maximum atomic E-state index is 13.1. The van der Waals surface area contributed by atoms with Crippen LogP contribution in [0, 0.1) is 18.3 Å². The number of morpholine rings is 1. The summed E-state index contributed by atoms with van der Waals surface area (Å²) >= 11 is 0. The average molecular weight is 343 g/mol. The van der Waals surface area contributed by atoms with Gasteiger partial charge in [-0.25, -0.2) is 0 Å². The first-order valence-electron chi connectivity index (χ1n) is 9.67.